The van der Waals surface area contributed by atoms with Crippen molar-refractivity contribution in [3.05, 3.63) is 29.8 Å². The summed E-state index contributed by atoms with van der Waals surface area (Å²) in [6, 6.07) is 8.34. The van der Waals surface area contributed by atoms with Crippen LogP contribution in [0.15, 0.2) is 29.3 Å². The Morgan fingerprint density at radius 2 is 1.88 bits per heavy atom. The summed E-state index contributed by atoms with van der Waals surface area (Å²) in [4.78, 5) is 15.3. The van der Waals surface area contributed by atoms with Crippen molar-refractivity contribution < 1.29 is 9.53 Å². The number of unbranched alkanes of at least 4 members (excludes halogenated alkanes) is 3. The second-order valence-corrected chi connectivity index (χ2v) is 6.06. The van der Waals surface area contributed by atoms with Crippen molar-refractivity contribution in [2.75, 3.05) is 19.0 Å². The van der Waals surface area contributed by atoms with E-state index in [-0.39, 0.29) is 5.97 Å². The standard InChI is InChI=1S/C19H31N3O2/c1-4-15(2)16-10-12-17(13-11-16)22-19(20)21-14-8-6-5-7-9-18(23)24-3/h10-13,15H,4-9,14H2,1-3H3,(H3,20,21,22). The van der Waals surface area contributed by atoms with Gasteiger partial charge in [-0.1, -0.05) is 38.8 Å². The molecule has 3 N–H and O–H groups in total. The summed E-state index contributed by atoms with van der Waals surface area (Å²) in [6.07, 6.45) is 5.52. The van der Waals surface area contributed by atoms with Crippen LogP contribution < -0.4 is 11.1 Å². The molecule has 0 aliphatic carbocycles. The summed E-state index contributed by atoms with van der Waals surface area (Å²) in [5.41, 5.74) is 8.20. The number of nitrogens with zero attached hydrogens (tertiary/aromatic N) is 1. The fourth-order valence-electron chi connectivity index (χ4n) is 2.35. The number of carbonyl (C=O) groups excluding carboxylic acids is 1. The van der Waals surface area contributed by atoms with Crippen LogP contribution in [-0.4, -0.2) is 25.6 Å². The van der Waals surface area contributed by atoms with E-state index in [0.29, 0.717) is 24.8 Å². The van der Waals surface area contributed by atoms with Crippen molar-refractivity contribution in [2.24, 2.45) is 10.7 Å². The monoisotopic (exact) mass is 333 g/mol. The minimum Gasteiger partial charge on any atom is -0.469 e. The molecule has 1 rings (SSSR count). The highest BCUT2D eigenvalue weighted by Crippen LogP contribution is 2.20. The van der Waals surface area contributed by atoms with Crippen LogP contribution in [0.4, 0.5) is 5.69 Å². The number of hydrogen-bond donors (Lipinski definition) is 2. The van der Waals surface area contributed by atoms with Crippen LogP contribution >= 0.6 is 0 Å². The molecule has 0 fully saturated rings. The minimum absolute atomic E-state index is 0.138. The normalized spacial score (nSPS) is 12.7. The Balaban J connectivity index is 2.23. The first-order valence-electron chi connectivity index (χ1n) is 8.80. The number of aliphatic imine (C=N–C) groups is 1. The fraction of sp³-hybridized carbons (Fsp3) is 0.579. The third-order valence-corrected chi connectivity index (χ3v) is 4.16. The molecule has 134 valence electrons. The second kappa shape index (κ2) is 11.5. The number of ether oxygens (including phenoxy) is 1. The molecule has 0 heterocycles. The van der Waals surface area contributed by atoms with Gasteiger partial charge in [-0.25, -0.2) is 0 Å². The number of nitrogens with one attached hydrogen (secondary N) is 1. The number of rotatable bonds is 10. The largest absolute Gasteiger partial charge is 0.469 e. The van der Waals surface area contributed by atoms with E-state index in [1.54, 1.807) is 0 Å². The van der Waals surface area contributed by atoms with Gasteiger partial charge in [0.25, 0.3) is 0 Å². The Morgan fingerprint density at radius 1 is 1.21 bits per heavy atom. The van der Waals surface area contributed by atoms with Gasteiger partial charge in [0.15, 0.2) is 5.96 Å². The summed E-state index contributed by atoms with van der Waals surface area (Å²) >= 11 is 0. The number of carbonyl (C=O) groups is 1. The molecule has 0 bridgehead atoms. The van der Waals surface area contributed by atoms with E-state index < -0.39 is 0 Å². The third kappa shape index (κ3) is 7.99. The number of hydrogen-bond acceptors (Lipinski definition) is 3. The van der Waals surface area contributed by atoms with E-state index in [1.165, 1.54) is 12.7 Å². The van der Waals surface area contributed by atoms with Crippen molar-refractivity contribution in [1.29, 1.82) is 0 Å². The molecule has 5 nitrogen and oxygen atoms in total. The number of anilines is 1. The number of guanidine groups is 1. The lowest BCUT2D eigenvalue weighted by Gasteiger charge is -2.10. The zero-order valence-corrected chi connectivity index (χ0v) is 15.2. The van der Waals surface area contributed by atoms with Crippen LogP contribution in [0.1, 0.15) is 63.9 Å². The van der Waals surface area contributed by atoms with Gasteiger partial charge in [-0.15, -0.1) is 0 Å². The van der Waals surface area contributed by atoms with Crippen LogP contribution in [-0.2, 0) is 9.53 Å². The van der Waals surface area contributed by atoms with Gasteiger partial charge in [0.2, 0.25) is 0 Å². The van der Waals surface area contributed by atoms with E-state index in [1.807, 2.05) is 12.1 Å². The van der Waals surface area contributed by atoms with Gasteiger partial charge in [-0.3, -0.25) is 9.79 Å². The molecule has 0 aliphatic rings. The minimum atomic E-state index is -0.138. The van der Waals surface area contributed by atoms with Crippen molar-refractivity contribution >= 4 is 17.6 Å². The summed E-state index contributed by atoms with van der Waals surface area (Å²) in [7, 11) is 1.42. The van der Waals surface area contributed by atoms with Crippen LogP contribution in [0.3, 0.4) is 0 Å². The van der Waals surface area contributed by atoms with Gasteiger partial charge in [0.05, 0.1) is 7.11 Å². The molecule has 1 aromatic rings. The SMILES string of the molecule is CCC(C)c1ccc(NC(N)=NCCCCCCC(=O)OC)cc1. The molecule has 0 radical (unpaired) electrons. The van der Waals surface area contributed by atoms with E-state index in [2.05, 4.69) is 41.0 Å². The van der Waals surface area contributed by atoms with Crippen LogP contribution in [0, 0.1) is 0 Å². The molecule has 24 heavy (non-hydrogen) atoms. The average Bonchev–Trinajstić information content (AvgIpc) is 2.60. The van der Waals surface area contributed by atoms with Gasteiger partial charge >= 0.3 is 5.97 Å². The Kier molecular flexibility index (Phi) is 9.58. The summed E-state index contributed by atoms with van der Waals surface area (Å²) in [5, 5.41) is 3.12. The summed E-state index contributed by atoms with van der Waals surface area (Å²) in [6.45, 7) is 5.11. The first-order chi connectivity index (χ1) is 11.6. The molecular formula is C19H31N3O2. The topological polar surface area (TPSA) is 76.7 Å². The predicted molar refractivity (Wildman–Crippen MR) is 100 cm³/mol. The van der Waals surface area contributed by atoms with Crippen LogP contribution in [0.5, 0.6) is 0 Å². The fourth-order valence-corrected chi connectivity index (χ4v) is 2.35. The molecule has 0 saturated heterocycles. The molecule has 0 aliphatic heterocycles. The Hall–Kier alpha value is -2.04. The first kappa shape index (κ1) is 20.0. The molecule has 0 aromatic heterocycles. The van der Waals surface area contributed by atoms with E-state index in [4.69, 9.17) is 5.73 Å². The zero-order valence-electron chi connectivity index (χ0n) is 15.2. The first-order valence-corrected chi connectivity index (χ1v) is 8.80. The molecule has 0 amide bonds. The predicted octanol–water partition coefficient (Wildman–Crippen LogP) is 4.05. The highest BCUT2D eigenvalue weighted by molar-refractivity contribution is 5.92. The second-order valence-electron chi connectivity index (χ2n) is 6.06. The van der Waals surface area contributed by atoms with E-state index in [0.717, 1.165) is 37.8 Å². The lowest BCUT2D eigenvalue weighted by Crippen LogP contribution is -2.22. The number of methoxy groups -OCH3 is 1. The van der Waals surface area contributed by atoms with Crippen LogP contribution in [0.2, 0.25) is 0 Å². The van der Waals surface area contributed by atoms with E-state index in [9.17, 15) is 4.79 Å². The van der Waals surface area contributed by atoms with Crippen molar-refractivity contribution in [2.45, 2.75) is 58.3 Å². The van der Waals surface area contributed by atoms with Crippen molar-refractivity contribution in [3.63, 3.8) is 0 Å². The maximum absolute atomic E-state index is 11.0. The van der Waals surface area contributed by atoms with Crippen molar-refractivity contribution in [3.8, 4) is 0 Å². The molecule has 5 heteroatoms. The maximum Gasteiger partial charge on any atom is 0.305 e. The molecule has 1 aromatic carbocycles. The summed E-state index contributed by atoms with van der Waals surface area (Å²) in [5.74, 6) is 0.880. The molecule has 1 atom stereocenters. The van der Waals surface area contributed by atoms with E-state index >= 15 is 0 Å². The average molecular weight is 333 g/mol. The van der Waals surface area contributed by atoms with Gasteiger partial charge in [-0.2, -0.15) is 0 Å². The van der Waals surface area contributed by atoms with Gasteiger partial charge < -0.3 is 15.8 Å². The number of nitrogens with two attached hydrogens (primary N) is 1. The zero-order chi connectivity index (χ0) is 17.8. The smallest absolute Gasteiger partial charge is 0.305 e. The van der Waals surface area contributed by atoms with Gasteiger partial charge in [0.1, 0.15) is 0 Å². The molecule has 1 unspecified atom stereocenters. The maximum atomic E-state index is 11.0. The Morgan fingerprint density at radius 3 is 2.50 bits per heavy atom. The lowest BCUT2D eigenvalue weighted by atomic mass is 9.99. The third-order valence-electron chi connectivity index (χ3n) is 4.16. The molecule has 0 saturated carbocycles. The number of benzene rings is 1. The lowest BCUT2D eigenvalue weighted by molar-refractivity contribution is -0.140. The molecular weight excluding hydrogens is 302 g/mol. The number of esters is 1. The molecule has 0 spiro atoms. The van der Waals surface area contributed by atoms with Gasteiger partial charge in [-0.05, 0) is 42.9 Å². The summed E-state index contributed by atoms with van der Waals surface area (Å²) < 4.78 is 4.61. The van der Waals surface area contributed by atoms with Crippen molar-refractivity contribution in [1.82, 2.24) is 0 Å². The highest BCUT2D eigenvalue weighted by atomic mass is 16.5. The quantitative estimate of drug-likeness (QED) is 0.293. The van der Waals surface area contributed by atoms with Gasteiger partial charge in [0, 0.05) is 18.7 Å². The Labute approximate surface area is 145 Å². The Bertz CT molecular complexity index is 512. The highest BCUT2D eigenvalue weighted by Gasteiger charge is 2.03. The van der Waals surface area contributed by atoms with Crippen LogP contribution in [0.25, 0.3) is 0 Å².